The Morgan fingerprint density at radius 1 is 1.05 bits per heavy atom. The summed E-state index contributed by atoms with van der Waals surface area (Å²) in [6, 6.07) is 3.04. The minimum absolute atomic E-state index is 0.0522. The first-order valence-corrected chi connectivity index (χ1v) is 8.35. The summed E-state index contributed by atoms with van der Waals surface area (Å²) in [6.07, 6.45) is 2.16. The number of hydrogen-bond acceptors (Lipinski definition) is 4. The Morgan fingerprint density at radius 3 is 2.05 bits per heavy atom. The summed E-state index contributed by atoms with van der Waals surface area (Å²) in [5.74, 6) is 0. The number of hydrogen-bond donors (Lipinski definition) is 1. The fourth-order valence-electron chi connectivity index (χ4n) is 1.27. The lowest BCUT2D eigenvalue weighted by Crippen LogP contribution is -2.14. The molecule has 0 atom stereocenters. The molecule has 1 N–H and O–H groups in total. The highest BCUT2D eigenvalue weighted by atomic mass is 79.9. The molecule has 0 saturated carbocycles. The Hall–Kier alpha value is -0.600. The third-order valence-electron chi connectivity index (χ3n) is 2.15. The fourth-order valence-corrected chi connectivity index (χ4v) is 3.77. The first kappa shape index (κ1) is 15.8. The Balaban J connectivity index is 2.41. The number of rotatable bonds is 3. The fraction of sp³-hybridized carbons (Fsp3) is 0. The molecule has 5 nitrogen and oxygen atoms in total. The summed E-state index contributed by atoms with van der Waals surface area (Å²) in [5.41, 5.74) is 0.0754. The number of aromatic nitrogens is 2. The highest BCUT2D eigenvalue weighted by molar-refractivity contribution is 9.10. The quantitative estimate of drug-likeness (QED) is 0.767. The van der Waals surface area contributed by atoms with Gasteiger partial charge in [0.25, 0.3) is 10.0 Å². The molecule has 10 heteroatoms. The van der Waals surface area contributed by atoms with Gasteiger partial charge in [0.1, 0.15) is 4.90 Å². The summed E-state index contributed by atoms with van der Waals surface area (Å²) < 4.78 is 27.2. The number of sulfonamides is 1. The summed E-state index contributed by atoms with van der Waals surface area (Å²) >= 11 is 20.6. The second-order valence-corrected chi connectivity index (χ2v) is 7.29. The molecule has 0 radical (unpaired) electrons. The van der Waals surface area contributed by atoms with Crippen molar-refractivity contribution in [2.75, 3.05) is 4.72 Å². The maximum absolute atomic E-state index is 12.1. The zero-order valence-corrected chi connectivity index (χ0v) is 14.1. The number of anilines is 1. The van der Waals surface area contributed by atoms with Gasteiger partial charge in [0.05, 0.1) is 28.1 Å². The molecule has 0 aliphatic heterocycles. The molecule has 0 unspecified atom stereocenters. The zero-order valence-electron chi connectivity index (χ0n) is 9.44. The maximum atomic E-state index is 12.1. The molecule has 0 fully saturated rings. The Kier molecular flexibility index (Phi) is 4.76. The lowest BCUT2D eigenvalue weighted by molar-refractivity contribution is 0.600. The van der Waals surface area contributed by atoms with E-state index in [0.29, 0.717) is 4.47 Å². The predicted octanol–water partition coefficient (Wildman–Crippen LogP) is 4.00. The molecule has 0 spiro atoms. The van der Waals surface area contributed by atoms with Gasteiger partial charge in [-0.15, -0.1) is 0 Å². The van der Waals surface area contributed by atoms with Gasteiger partial charge in [-0.05, 0) is 23.7 Å². The molecule has 0 aliphatic carbocycles. The highest BCUT2D eigenvalue weighted by Gasteiger charge is 2.19. The van der Waals surface area contributed by atoms with Gasteiger partial charge in [-0.25, -0.2) is 18.4 Å². The molecule has 2 aromatic rings. The SMILES string of the molecule is O=S(=O)(Nc1c(Cl)cc(Br)cc1Cl)c1cnc(Cl)nc1. The van der Waals surface area contributed by atoms with Crippen molar-refractivity contribution in [3.05, 3.63) is 44.3 Å². The van der Waals surface area contributed by atoms with Gasteiger partial charge in [-0.2, -0.15) is 0 Å². The van der Waals surface area contributed by atoms with Crippen LogP contribution >= 0.6 is 50.7 Å². The van der Waals surface area contributed by atoms with Crippen LogP contribution in [0.25, 0.3) is 0 Å². The third kappa shape index (κ3) is 3.53. The Labute approximate surface area is 138 Å². The van der Waals surface area contributed by atoms with Crippen LogP contribution in [0.15, 0.2) is 33.9 Å². The van der Waals surface area contributed by atoms with Crippen LogP contribution in [0.3, 0.4) is 0 Å². The van der Waals surface area contributed by atoms with Gasteiger partial charge in [0.2, 0.25) is 5.28 Å². The van der Waals surface area contributed by atoms with Crippen molar-refractivity contribution in [1.82, 2.24) is 9.97 Å². The van der Waals surface area contributed by atoms with Crippen LogP contribution in [-0.2, 0) is 10.0 Å². The molecule has 20 heavy (non-hydrogen) atoms. The van der Waals surface area contributed by atoms with E-state index in [0.717, 1.165) is 12.4 Å². The Morgan fingerprint density at radius 2 is 1.55 bits per heavy atom. The molecule has 0 amide bonds. The van der Waals surface area contributed by atoms with Crippen LogP contribution in [0.1, 0.15) is 0 Å². The molecule has 1 aromatic heterocycles. The number of benzene rings is 1. The molecule has 2 rings (SSSR count). The van der Waals surface area contributed by atoms with Crippen molar-refractivity contribution >= 4 is 66.4 Å². The average Bonchev–Trinajstić information content (AvgIpc) is 2.34. The largest absolute Gasteiger partial charge is 0.276 e. The van der Waals surface area contributed by atoms with Crippen molar-refractivity contribution in [2.24, 2.45) is 0 Å². The lowest BCUT2D eigenvalue weighted by atomic mass is 10.3. The average molecular weight is 417 g/mol. The lowest BCUT2D eigenvalue weighted by Gasteiger charge is -2.11. The highest BCUT2D eigenvalue weighted by Crippen LogP contribution is 2.35. The Bertz CT molecular complexity index is 730. The van der Waals surface area contributed by atoms with E-state index in [9.17, 15) is 8.42 Å². The van der Waals surface area contributed by atoms with Crippen LogP contribution in [-0.4, -0.2) is 18.4 Å². The molecular weight excluding hydrogens is 412 g/mol. The monoisotopic (exact) mass is 415 g/mol. The van der Waals surface area contributed by atoms with Crippen molar-refractivity contribution in [2.45, 2.75) is 4.90 Å². The number of nitrogens with one attached hydrogen (secondary N) is 1. The molecule has 1 aromatic carbocycles. The molecule has 1 heterocycles. The van der Waals surface area contributed by atoms with E-state index >= 15 is 0 Å². The van der Waals surface area contributed by atoms with Crippen molar-refractivity contribution < 1.29 is 8.42 Å². The number of nitrogens with zero attached hydrogens (tertiary/aromatic N) is 2. The van der Waals surface area contributed by atoms with Crippen LogP contribution in [0.2, 0.25) is 15.3 Å². The van der Waals surface area contributed by atoms with E-state index in [4.69, 9.17) is 34.8 Å². The van der Waals surface area contributed by atoms with E-state index in [1.54, 1.807) is 0 Å². The predicted molar refractivity (Wildman–Crippen MR) is 82.0 cm³/mol. The van der Waals surface area contributed by atoms with E-state index in [1.165, 1.54) is 12.1 Å². The second kappa shape index (κ2) is 6.03. The summed E-state index contributed by atoms with van der Waals surface area (Å²) in [7, 11) is -3.91. The van der Waals surface area contributed by atoms with Crippen molar-refractivity contribution in [3.63, 3.8) is 0 Å². The van der Waals surface area contributed by atoms with Crippen molar-refractivity contribution in [3.8, 4) is 0 Å². The van der Waals surface area contributed by atoms with E-state index in [2.05, 4.69) is 30.6 Å². The molecule has 0 aliphatic rings. The number of halogens is 4. The van der Waals surface area contributed by atoms with E-state index in [-0.39, 0.29) is 25.9 Å². The second-order valence-electron chi connectivity index (χ2n) is 3.54. The van der Waals surface area contributed by atoms with E-state index in [1.807, 2.05) is 0 Å². The van der Waals surface area contributed by atoms with Gasteiger partial charge >= 0.3 is 0 Å². The molecule has 106 valence electrons. The van der Waals surface area contributed by atoms with Gasteiger partial charge in [-0.1, -0.05) is 39.1 Å². The van der Waals surface area contributed by atoms with Gasteiger partial charge in [0, 0.05) is 4.47 Å². The normalized spacial score (nSPS) is 11.4. The third-order valence-corrected chi connectivity index (χ3v) is 4.70. The maximum Gasteiger partial charge on any atom is 0.265 e. The standard InChI is InChI=1S/C10H5BrCl3N3O2S/c11-5-1-7(12)9(8(13)2-5)17-20(18,19)6-3-15-10(14)16-4-6/h1-4,17H. The van der Waals surface area contributed by atoms with E-state index < -0.39 is 10.0 Å². The van der Waals surface area contributed by atoms with Crippen LogP contribution in [0, 0.1) is 0 Å². The smallest absolute Gasteiger partial charge is 0.265 e. The van der Waals surface area contributed by atoms with Crippen LogP contribution < -0.4 is 4.72 Å². The van der Waals surface area contributed by atoms with Crippen LogP contribution in [0.5, 0.6) is 0 Å². The van der Waals surface area contributed by atoms with Gasteiger partial charge in [-0.3, -0.25) is 4.72 Å². The minimum Gasteiger partial charge on any atom is -0.276 e. The molecule has 0 bridgehead atoms. The minimum atomic E-state index is -3.91. The summed E-state index contributed by atoms with van der Waals surface area (Å²) in [5, 5.41) is 0.259. The van der Waals surface area contributed by atoms with Crippen molar-refractivity contribution in [1.29, 1.82) is 0 Å². The topological polar surface area (TPSA) is 72.0 Å². The first-order valence-electron chi connectivity index (χ1n) is 4.94. The molecular formula is C10H5BrCl3N3O2S. The van der Waals surface area contributed by atoms with Gasteiger partial charge < -0.3 is 0 Å². The van der Waals surface area contributed by atoms with Gasteiger partial charge in [0.15, 0.2) is 0 Å². The molecule has 0 saturated heterocycles. The first-order chi connectivity index (χ1) is 9.29. The summed E-state index contributed by atoms with van der Waals surface area (Å²) in [6.45, 7) is 0. The van der Waals surface area contributed by atoms with Crippen LogP contribution in [0.4, 0.5) is 5.69 Å². The zero-order chi connectivity index (χ0) is 14.9. The summed E-state index contributed by atoms with van der Waals surface area (Å²) in [4.78, 5) is 7.06.